The molecular weight excluding hydrogens is 200 g/mol. The molecule has 2 rings (SSSR count). The van der Waals surface area contributed by atoms with Gasteiger partial charge in [-0.3, -0.25) is 0 Å². The Kier molecular flexibility index (Phi) is 3.41. The Morgan fingerprint density at radius 2 is 1.94 bits per heavy atom. The van der Waals surface area contributed by atoms with Gasteiger partial charge in [0.25, 0.3) is 0 Å². The molecule has 2 aromatic rings. The van der Waals surface area contributed by atoms with E-state index in [0.717, 1.165) is 16.8 Å². The molecule has 0 amide bonds. The van der Waals surface area contributed by atoms with Crippen LogP contribution in [-0.2, 0) is 0 Å². The lowest BCUT2D eigenvalue weighted by atomic mass is 10.1. The summed E-state index contributed by atoms with van der Waals surface area (Å²) in [5.41, 5.74) is 3.03. The fourth-order valence-corrected chi connectivity index (χ4v) is 1.42. The molecule has 1 heterocycles. The number of aliphatic hydroxyl groups is 1. The molecule has 0 aliphatic carbocycles. The van der Waals surface area contributed by atoms with Crippen LogP contribution in [0.2, 0.25) is 0 Å². The average molecular weight is 212 g/mol. The third-order valence-corrected chi connectivity index (χ3v) is 2.20. The van der Waals surface area contributed by atoms with Crippen molar-refractivity contribution in [3.63, 3.8) is 0 Å². The topological polar surface area (TPSA) is 46.0 Å². The van der Waals surface area contributed by atoms with Crippen molar-refractivity contribution in [2.75, 3.05) is 6.61 Å². The summed E-state index contributed by atoms with van der Waals surface area (Å²) in [6.07, 6.45) is 6.85. The Hall–Kier alpha value is -2.00. The maximum Gasteiger partial charge on any atom is 0.116 e. The number of benzene rings is 1. The molecule has 0 saturated carbocycles. The fraction of sp³-hybridized carbons (Fsp3) is 0.0769. The monoisotopic (exact) mass is 212 g/mol. The van der Waals surface area contributed by atoms with E-state index in [2.05, 4.69) is 9.97 Å². The highest BCUT2D eigenvalue weighted by Crippen LogP contribution is 2.16. The van der Waals surface area contributed by atoms with Gasteiger partial charge in [-0.2, -0.15) is 0 Å². The van der Waals surface area contributed by atoms with Gasteiger partial charge in [-0.1, -0.05) is 36.4 Å². The normalized spacial score (nSPS) is 10.8. The summed E-state index contributed by atoms with van der Waals surface area (Å²) in [7, 11) is 0. The third-order valence-electron chi connectivity index (χ3n) is 2.20. The van der Waals surface area contributed by atoms with Gasteiger partial charge in [0.2, 0.25) is 0 Å². The minimum atomic E-state index is 0.0632. The second-order valence-electron chi connectivity index (χ2n) is 3.30. The molecule has 16 heavy (non-hydrogen) atoms. The van der Waals surface area contributed by atoms with Crippen LogP contribution in [0.3, 0.4) is 0 Å². The van der Waals surface area contributed by atoms with Crippen LogP contribution in [0.15, 0.2) is 48.9 Å². The highest BCUT2D eigenvalue weighted by molar-refractivity contribution is 5.61. The van der Waals surface area contributed by atoms with Gasteiger partial charge in [-0.15, -0.1) is 0 Å². The predicted molar refractivity (Wildman–Crippen MR) is 63.6 cm³/mol. The molecule has 1 N–H and O–H groups in total. The molecule has 0 radical (unpaired) electrons. The summed E-state index contributed by atoms with van der Waals surface area (Å²) in [6.45, 7) is 0.0632. The molecule has 0 aliphatic heterocycles. The first-order valence-corrected chi connectivity index (χ1v) is 5.04. The van der Waals surface area contributed by atoms with Crippen LogP contribution < -0.4 is 0 Å². The van der Waals surface area contributed by atoms with Crippen molar-refractivity contribution < 1.29 is 5.11 Å². The molecule has 0 atom stereocenters. The van der Waals surface area contributed by atoms with E-state index in [1.165, 1.54) is 6.33 Å². The molecule has 0 bridgehead atoms. The van der Waals surface area contributed by atoms with E-state index in [1.54, 1.807) is 12.3 Å². The van der Waals surface area contributed by atoms with Crippen LogP contribution in [-0.4, -0.2) is 21.7 Å². The summed E-state index contributed by atoms with van der Waals surface area (Å²) in [6, 6.07) is 9.85. The Labute approximate surface area is 94.1 Å². The molecule has 1 aromatic heterocycles. The maximum absolute atomic E-state index is 8.66. The number of hydrogen-bond donors (Lipinski definition) is 1. The van der Waals surface area contributed by atoms with E-state index >= 15 is 0 Å². The summed E-state index contributed by atoms with van der Waals surface area (Å²) >= 11 is 0. The van der Waals surface area contributed by atoms with Crippen molar-refractivity contribution in [3.8, 4) is 11.3 Å². The molecule has 3 nitrogen and oxygen atoms in total. The smallest absolute Gasteiger partial charge is 0.116 e. The van der Waals surface area contributed by atoms with Gasteiger partial charge < -0.3 is 5.11 Å². The number of hydrogen-bond acceptors (Lipinski definition) is 3. The lowest BCUT2D eigenvalue weighted by Gasteiger charge is -2.00. The van der Waals surface area contributed by atoms with Crippen molar-refractivity contribution in [2.45, 2.75) is 0 Å². The fourth-order valence-electron chi connectivity index (χ4n) is 1.42. The first kappa shape index (κ1) is 10.5. The number of aromatic nitrogens is 2. The molecule has 0 spiro atoms. The van der Waals surface area contributed by atoms with Crippen molar-refractivity contribution in [1.29, 1.82) is 0 Å². The number of nitrogens with zero attached hydrogens (tertiary/aromatic N) is 2. The van der Waals surface area contributed by atoms with Gasteiger partial charge in [-0.25, -0.2) is 9.97 Å². The van der Waals surface area contributed by atoms with E-state index in [4.69, 9.17) is 5.11 Å². The van der Waals surface area contributed by atoms with E-state index in [9.17, 15) is 0 Å². The Morgan fingerprint density at radius 3 is 2.56 bits per heavy atom. The summed E-state index contributed by atoms with van der Waals surface area (Å²) in [5, 5.41) is 8.66. The SMILES string of the molecule is OCC=Cc1ccc(-c2ccncn2)cc1. The van der Waals surface area contributed by atoms with Gasteiger partial charge in [0.15, 0.2) is 0 Å². The van der Waals surface area contributed by atoms with E-state index in [-0.39, 0.29) is 6.61 Å². The third kappa shape index (κ3) is 2.52. The molecule has 0 aliphatic rings. The highest BCUT2D eigenvalue weighted by Gasteiger charge is 1.96. The zero-order valence-electron chi connectivity index (χ0n) is 8.74. The zero-order valence-corrected chi connectivity index (χ0v) is 8.74. The molecule has 0 unspecified atom stereocenters. The summed E-state index contributed by atoms with van der Waals surface area (Å²) in [4.78, 5) is 8.05. The van der Waals surface area contributed by atoms with Gasteiger partial charge in [0.1, 0.15) is 6.33 Å². The van der Waals surface area contributed by atoms with Crippen LogP contribution in [0.4, 0.5) is 0 Å². The molecule has 3 heteroatoms. The van der Waals surface area contributed by atoms with Gasteiger partial charge in [0.05, 0.1) is 12.3 Å². The van der Waals surface area contributed by atoms with Crippen LogP contribution >= 0.6 is 0 Å². The first-order chi connectivity index (χ1) is 7.90. The second kappa shape index (κ2) is 5.19. The highest BCUT2D eigenvalue weighted by atomic mass is 16.2. The summed E-state index contributed by atoms with van der Waals surface area (Å²) < 4.78 is 0. The second-order valence-corrected chi connectivity index (χ2v) is 3.30. The van der Waals surface area contributed by atoms with Gasteiger partial charge >= 0.3 is 0 Å². The van der Waals surface area contributed by atoms with E-state index < -0.39 is 0 Å². The van der Waals surface area contributed by atoms with Gasteiger partial charge in [0, 0.05) is 11.8 Å². The van der Waals surface area contributed by atoms with Crippen LogP contribution in [0.25, 0.3) is 17.3 Å². The Bertz CT molecular complexity index is 463. The van der Waals surface area contributed by atoms with Crippen molar-refractivity contribution in [1.82, 2.24) is 9.97 Å². The van der Waals surface area contributed by atoms with E-state index in [0.29, 0.717) is 0 Å². The number of aliphatic hydroxyl groups excluding tert-OH is 1. The van der Waals surface area contributed by atoms with Crippen molar-refractivity contribution in [2.24, 2.45) is 0 Å². The quantitative estimate of drug-likeness (QED) is 0.847. The lowest BCUT2D eigenvalue weighted by Crippen LogP contribution is -1.83. The minimum Gasteiger partial charge on any atom is -0.392 e. The molecule has 80 valence electrons. The van der Waals surface area contributed by atoms with Gasteiger partial charge in [-0.05, 0) is 11.6 Å². The standard InChI is InChI=1S/C13H12N2O/c16-9-1-2-11-3-5-12(6-4-11)13-7-8-14-10-15-13/h1-8,10,16H,9H2. The minimum absolute atomic E-state index is 0.0632. The van der Waals surface area contributed by atoms with Crippen LogP contribution in [0.5, 0.6) is 0 Å². The Morgan fingerprint density at radius 1 is 1.12 bits per heavy atom. The lowest BCUT2D eigenvalue weighted by molar-refractivity contribution is 0.343. The van der Waals surface area contributed by atoms with Crippen LogP contribution in [0, 0.1) is 0 Å². The Balaban J connectivity index is 2.23. The molecule has 0 saturated heterocycles. The average Bonchev–Trinajstić information content (AvgIpc) is 2.38. The predicted octanol–water partition coefficient (Wildman–Crippen LogP) is 2.15. The first-order valence-electron chi connectivity index (χ1n) is 5.04. The molecule has 1 aromatic carbocycles. The zero-order chi connectivity index (χ0) is 11.2. The maximum atomic E-state index is 8.66. The summed E-state index contributed by atoms with van der Waals surface area (Å²) in [5.74, 6) is 0. The molecular formula is C13H12N2O. The van der Waals surface area contributed by atoms with E-state index in [1.807, 2.05) is 36.4 Å². The van der Waals surface area contributed by atoms with Crippen LogP contribution in [0.1, 0.15) is 5.56 Å². The number of rotatable bonds is 3. The van der Waals surface area contributed by atoms with Crippen molar-refractivity contribution >= 4 is 6.08 Å². The largest absolute Gasteiger partial charge is 0.392 e. The van der Waals surface area contributed by atoms with Crippen molar-refractivity contribution in [3.05, 3.63) is 54.5 Å². The molecule has 0 fully saturated rings.